The molecule has 0 fully saturated rings. The molecular formula is C28H30N2O5. The van der Waals surface area contributed by atoms with E-state index in [0.29, 0.717) is 29.4 Å². The van der Waals surface area contributed by atoms with Gasteiger partial charge in [-0.2, -0.15) is 0 Å². The number of nitrogens with zero attached hydrogens (tertiary/aromatic N) is 1. The number of hydrogen-bond acceptors (Lipinski definition) is 5. The van der Waals surface area contributed by atoms with Gasteiger partial charge < -0.3 is 24.4 Å². The second kappa shape index (κ2) is 10.1. The summed E-state index contributed by atoms with van der Waals surface area (Å²) in [5, 5.41) is 2.99. The fraction of sp³-hybridized carbons (Fsp3) is 0.286. The summed E-state index contributed by atoms with van der Waals surface area (Å²) in [7, 11) is 4.62. The van der Waals surface area contributed by atoms with Crippen LogP contribution in [0.4, 0.5) is 5.69 Å². The van der Waals surface area contributed by atoms with Crippen molar-refractivity contribution in [3.05, 3.63) is 82.4 Å². The Balaban J connectivity index is 1.71. The number of carbonyl (C=O) groups excluding carboxylic acids is 2. The number of methoxy groups -OCH3 is 3. The van der Waals surface area contributed by atoms with Gasteiger partial charge in [0.15, 0.2) is 11.5 Å². The third-order valence-corrected chi connectivity index (χ3v) is 6.47. The van der Waals surface area contributed by atoms with Gasteiger partial charge in [0.1, 0.15) is 0 Å². The van der Waals surface area contributed by atoms with Gasteiger partial charge in [-0.05, 0) is 66.4 Å². The van der Waals surface area contributed by atoms with Crippen LogP contribution in [0.15, 0.2) is 54.6 Å². The highest BCUT2D eigenvalue weighted by Crippen LogP contribution is 2.43. The van der Waals surface area contributed by atoms with Crippen molar-refractivity contribution in [3.8, 4) is 17.2 Å². The number of ether oxygens (including phenoxy) is 3. The van der Waals surface area contributed by atoms with Gasteiger partial charge in [-0.3, -0.25) is 9.59 Å². The number of hydrogen-bond donors (Lipinski definition) is 1. The number of fused-ring (bicyclic) bond motifs is 1. The number of rotatable bonds is 8. The van der Waals surface area contributed by atoms with Crippen LogP contribution in [0.25, 0.3) is 0 Å². The number of anilines is 1. The van der Waals surface area contributed by atoms with Crippen molar-refractivity contribution in [1.82, 2.24) is 4.90 Å². The second-order valence-electron chi connectivity index (χ2n) is 8.62. The number of benzene rings is 3. The van der Waals surface area contributed by atoms with Crippen molar-refractivity contribution in [2.24, 2.45) is 0 Å². The van der Waals surface area contributed by atoms with Crippen LogP contribution in [-0.4, -0.2) is 38.0 Å². The molecule has 7 heteroatoms. The first-order valence-electron chi connectivity index (χ1n) is 11.4. The van der Waals surface area contributed by atoms with Crippen molar-refractivity contribution in [2.75, 3.05) is 26.6 Å². The average Bonchev–Trinajstić information content (AvgIpc) is 3.20. The van der Waals surface area contributed by atoms with Gasteiger partial charge in [0.2, 0.25) is 11.7 Å². The zero-order chi connectivity index (χ0) is 25.1. The van der Waals surface area contributed by atoms with Crippen LogP contribution in [0.2, 0.25) is 0 Å². The maximum Gasteiger partial charge on any atom is 0.255 e. The molecule has 35 heavy (non-hydrogen) atoms. The van der Waals surface area contributed by atoms with Crippen LogP contribution in [0.1, 0.15) is 45.1 Å². The number of amides is 2. The summed E-state index contributed by atoms with van der Waals surface area (Å²) in [6, 6.07) is 16.4. The van der Waals surface area contributed by atoms with E-state index in [2.05, 4.69) is 5.32 Å². The lowest BCUT2D eigenvalue weighted by molar-refractivity contribution is -0.117. The SMILES string of the molecule is COc1cc([C@@H](CC(=O)Nc2ccc(C)c(C)c2)N2Cc3ccccc3C2=O)cc(OC)c1OC. The summed E-state index contributed by atoms with van der Waals surface area (Å²) < 4.78 is 16.5. The zero-order valence-electron chi connectivity index (χ0n) is 20.7. The van der Waals surface area contributed by atoms with E-state index in [4.69, 9.17) is 14.2 Å². The zero-order valence-corrected chi connectivity index (χ0v) is 20.7. The highest BCUT2D eigenvalue weighted by atomic mass is 16.5. The summed E-state index contributed by atoms with van der Waals surface area (Å²) in [4.78, 5) is 28.3. The molecule has 0 aliphatic carbocycles. The maximum absolute atomic E-state index is 13.4. The molecule has 2 amide bonds. The first kappa shape index (κ1) is 24.1. The molecule has 0 unspecified atom stereocenters. The molecule has 0 saturated heterocycles. The third kappa shape index (κ3) is 4.80. The van der Waals surface area contributed by atoms with E-state index in [9.17, 15) is 9.59 Å². The van der Waals surface area contributed by atoms with E-state index in [1.165, 1.54) is 7.11 Å². The monoisotopic (exact) mass is 474 g/mol. The first-order chi connectivity index (χ1) is 16.9. The van der Waals surface area contributed by atoms with E-state index in [1.807, 2.05) is 56.3 Å². The summed E-state index contributed by atoms with van der Waals surface area (Å²) in [5.74, 6) is 1.07. The molecular weight excluding hydrogens is 444 g/mol. The summed E-state index contributed by atoms with van der Waals surface area (Å²) in [6.07, 6.45) is 0.0608. The van der Waals surface area contributed by atoms with Crippen LogP contribution < -0.4 is 19.5 Å². The van der Waals surface area contributed by atoms with Crippen LogP contribution in [0.3, 0.4) is 0 Å². The van der Waals surface area contributed by atoms with Gasteiger partial charge >= 0.3 is 0 Å². The lowest BCUT2D eigenvalue weighted by atomic mass is 10.00. The quantitative estimate of drug-likeness (QED) is 0.494. The molecule has 0 bridgehead atoms. The summed E-state index contributed by atoms with van der Waals surface area (Å²) >= 11 is 0. The Hall–Kier alpha value is -4.00. The molecule has 3 aromatic carbocycles. The van der Waals surface area contributed by atoms with Gasteiger partial charge in [0.05, 0.1) is 33.8 Å². The van der Waals surface area contributed by atoms with E-state index in [1.54, 1.807) is 31.3 Å². The third-order valence-electron chi connectivity index (χ3n) is 6.47. The van der Waals surface area contributed by atoms with Gasteiger partial charge in [-0.15, -0.1) is 0 Å². The molecule has 4 rings (SSSR count). The topological polar surface area (TPSA) is 77.1 Å². The van der Waals surface area contributed by atoms with E-state index in [-0.39, 0.29) is 18.2 Å². The first-order valence-corrected chi connectivity index (χ1v) is 11.4. The highest BCUT2D eigenvalue weighted by molar-refractivity contribution is 5.99. The predicted molar refractivity (Wildman–Crippen MR) is 134 cm³/mol. The van der Waals surface area contributed by atoms with Crippen molar-refractivity contribution >= 4 is 17.5 Å². The summed E-state index contributed by atoms with van der Waals surface area (Å²) in [6.45, 7) is 4.44. The minimum atomic E-state index is -0.546. The second-order valence-corrected chi connectivity index (χ2v) is 8.62. The lowest BCUT2D eigenvalue weighted by Gasteiger charge is -2.29. The van der Waals surface area contributed by atoms with Crippen LogP contribution in [0.5, 0.6) is 17.2 Å². The minimum absolute atomic E-state index is 0.0608. The molecule has 1 heterocycles. The normalized spacial score (nSPS) is 13.3. The smallest absolute Gasteiger partial charge is 0.255 e. The van der Waals surface area contributed by atoms with Gasteiger partial charge in [0.25, 0.3) is 5.91 Å². The molecule has 1 aliphatic rings. The molecule has 1 aliphatic heterocycles. The van der Waals surface area contributed by atoms with Gasteiger partial charge in [0, 0.05) is 17.8 Å². The number of aryl methyl sites for hydroxylation is 2. The minimum Gasteiger partial charge on any atom is -0.493 e. The van der Waals surface area contributed by atoms with Crippen LogP contribution in [0, 0.1) is 13.8 Å². The molecule has 3 aromatic rings. The Morgan fingerprint density at radius 2 is 1.63 bits per heavy atom. The molecule has 0 spiro atoms. The Bertz CT molecular complexity index is 1240. The Morgan fingerprint density at radius 3 is 2.23 bits per heavy atom. The van der Waals surface area contributed by atoms with E-state index >= 15 is 0 Å². The number of carbonyl (C=O) groups is 2. The molecule has 0 aromatic heterocycles. The Kier molecular flexibility index (Phi) is 6.96. The molecule has 0 saturated carbocycles. The maximum atomic E-state index is 13.4. The van der Waals surface area contributed by atoms with E-state index in [0.717, 1.165) is 27.9 Å². The van der Waals surface area contributed by atoms with Crippen molar-refractivity contribution < 1.29 is 23.8 Å². The standard InChI is InChI=1S/C28H30N2O5/c1-17-10-11-21(12-18(17)2)29-26(31)15-23(30-16-19-8-6-7-9-22(19)28(30)32)20-13-24(33-3)27(35-5)25(14-20)34-4/h6-14,23H,15-16H2,1-5H3,(H,29,31)/t23-/m1/s1. The Morgan fingerprint density at radius 1 is 0.943 bits per heavy atom. The molecule has 1 N–H and O–H groups in total. The van der Waals surface area contributed by atoms with Crippen molar-refractivity contribution in [3.63, 3.8) is 0 Å². The summed E-state index contributed by atoms with van der Waals surface area (Å²) in [5.41, 5.74) is 5.27. The molecule has 0 radical (unpaired) electrons. The van der Waals surface area contributed by atoms with E-state index < -0.39 is 6.04 Å². The molecule has 7 nitrogen and oxygen atoms in total. The Labute approximate surface area is 205 Å². The van der Waals surface area contributed by atoms with Crippen LogP contribution in [-0.2, 0) is 11.3 Å². The number of nitrogens with one attached hydrogen (secondary N) is 1. The average molecular weight is 475 g/mol. The lowest BCUT2D eigenvalue weighted by Crippen LogP contribution is -2.32. The van der Waals surface area contributed by atoms with Crippen molar-refractivity contribution in [1.29, 1.82) is 0 Å². The highest BCUT2D eigenvalue weighted by Gasteiger charge is 2.35. The van der Waals surface area contributed by atoms with Gasteiger partial charge in [-0.25, -0.2) is 0 Å². The molecule has 182 valence electrons. The predicted octanol–water partition coefficient (Wildman–Crippen LogP) is 5.06. The van der Waals surface area contributed by atoms with Gasteiger partial charge in [-0.1, -0.05) is 24.3 Å². The van der Waals surface area contributed by atoms with Crippen LogP contribution >= 0.6 is 0 Å². The van der Waals surface area contributed by atoms with Crippen molar-refractivity contribution in [2.45, 2.75) is 32.9 Å². The largest absolute Gasteiger partial charge is 0.493 e. The fourth-order valence-corrected chi connectivity index (χ4v) is 4.44. The molecule has 1 atom stereocenters. The fourth-order valence-electron chi connectivity index (χ4n) is 4.44.